The van der Waals surface area contributed by atoms with Gasteiger partial charge in [0.15, 0.2) is 0 Å². The van der Waals surface area contributed by atoms with Crippen LogP contribution in [0.2, 0.25) is 0 Å². The number of aromatic nitrogens is 2. The zero-order valence-corrected chi connectivity index (χ0v) is 19.8. The van der Waals surface area contributed by atoms with Crippen LogP contribution in [0.4, 0.5) is 10.2 Å². The predicted octanol–water partition coefficient (Wildman–Crippen LogP) is 4.91. The molecule has 0 bridgehead atoms. The quantitative estimate of drug-likeness (QED) is 0.485. The minimum absolute atomic E-state index is 0.103. The van der Waals surface area contributed by atoms with Gasteiger partial charge in [0.25, 0.3) is 0 Å². The van der Waals surface area contributed by atoms with Crippen molar-refractivity contribution < 1.29 is 14.3 Å². The Labute approximate surface area is 201 Å². The number of nitrogens with one attached hydrogen (secondary N) is 1. The minimum Gasteiger partial charge on any atom is -0.480 e. The standard InChI is InChI=1S/C27H35FN4O2/c28-23(8-2-1-6-21-12-11-19-5-3-15-30-26(19)31-21)20-13-16-32(17-20)25(27(33)34)22-7-4-14-29-24(22)18-9-10-18/h4,7,11-12,14,18,20,23,25H,1-3,5-6,8-10,13,15-17H2,(H,30,31)(H,33,34)/t20?,23?,25-/m1/s1. The lowest BCUT2D eigenvalue weighted by Gasteiger charge is -2.26. The first-order chi connectivity index (χ1) is 16.6. The molecular weight excluding hydrogens is 431 g/mol. The third kappa shape index (κ3) is 5.24. The Kier molecular flexibility index (Phi) is 7.09. The van der Waals surface area contributed by atoms with Crippen LogP contribution in [-0.2, 0) is 17.6 Å². The van der Waals surface area contributed by atoms with Crippen molar-refractivity contribution in [3.8, 4) is 0 Å². The van der Waals surface area contributed by atoms with E-state index in [1.54, 1.807) is 6.20 Å². The molecule has 2 aliphatic heterocycles. The van der Waals surface area contributed by atoms with Crippen LogP contribution in [0, 0.1) is 5.92 Å². The maximum absolute atomic E-state index is 15.1. The Morgan fingerprint density at radius 2 is 2.12 bits per heavy atom. The minimum atomic E-state index is -0.894. The van der Waals surface area contributed by atoms with Gasteiger partial charge in [-0.05, 0) is 75.6 Å². The molecule has 1 aliphatic carbocycles. The summed E-state index contributed by atoms with van der Waals surface area (Å²) in [6, 6.07) is 7.25. The van der Waals surface area contributed by atoms with E-state index >= 15 is 4.39 Å². The van der Waals surface area contributed by atoms with Gasteiger partial charge in [-0.3, -0.25) is 14.7 Å². The van der Waals surface area contributed by atoms with E-state index in [9.17, 15) is 9.90 Å². The summed E-state index contributed by atoms with van der Waals surface area (Å²) in [5, 5.41) is 13.4. The summed E-state index contributed by atoms with van der Waals surface area (Å²) in [6.45, 7) is 2.10. The highest BCUT2D eigenvalue weighted by Crippen LogP contribution is 2.43. The van der Waals surface area contributed by atoms with Crippen molar-refractivity contribution in [3.05, 3.63) is 53.0 Å². The SMILES string of the molecule is O=C(O)[C@@H](c1cccnc1C1CC1)N1CCC(C(F)CCCCc2ccc3c(n2)NCCC3)C1. The lowest BCUT2D eigenvalue weighted by atomic mass is 9.97. The predicted molar refractivity (Wildman–Crippen MR) is 130 cm³/mol. The van der Waals surface area contributed by atoms with E-state index in [4.69, 9.17) is 4.98 Å². The van der Waals surface area contributed by atoms with Gasteiger partial charge in [0, 0.05) is 48.1 Å². The van der Waals surface area contributed by atoms with Crippen LogP contribution < -0.4 is 5.32 Å². The van der Waals surface area contributed by atoms with Gasteiger partial charge in [0.2, 0.25) is 0 Å². The second-order valence-corrected chi connectivity index (χ2v) is 10.1. The first-order valence-corrected chi connectivity index (χ1v) is 12.9. The number of carboxylic acids is 1. The number of anilines is 1. The van der Waals surface area contributed by atoms with E-state index in [-0.39, 0.29) is 5.92 Å². The van der Waals surface area contributed by atoms with Crippen LogP contribution in [0.15, 0.2) is 30.5 Å². The summed E-state index contributed by atoms with van der Waals surface area (Å²) in [5.41, 5.74) is 4.07. The Morgan fingerprint density at radius 3 is 2.94 bits per heavy atom. The van der Waals surface area contributed by atoms with Crippen molar-refractivity contribution in [1.29, 1.82) is 0 Å². The van der Waals surface area contributed by atoms with Gasteiger partial charge in [-0.15, -0.1) is 0 Å². The average Bonchev–Trinajstić information content (AvgIpc) is 3.59. The number of carbonyl (C=O) groups is 1. The lowest BCUT2D eigenvalue weighted by Crippen LogP contribution is -2.34. The molecule has 2 aromatic heterocycles. The fourth-order valence-corrected chi connectivity index (χ4v) is 5.58. The second kappa shape index (κ2) is 10.4. The molecule has 5 rings (SSSR count). The number of rotatable bonds is 10. The number of pyridine rings is 2. The van der Waals surface area contributed by atoms with Gasteiger partial charge < -0.3 is 10.4 Å². The Balaban J connectivity index is 1.12. The van der Waals surface area contributed by atoms with Crippen LogP contribution >= 0.6 is 0 Å². The number of carboxylic acid groups (broad SMARTS) is 1. The van der Waals surface area contributed by atoms with Gasteiger partial charge in [0.05, 0.1) is 0 Å². The zero-order valence-electron chi connectivity index (χ0n) is 19.8. The number of unbranched alkanes of at least 4 members (excludes halogenated alkanes) is 1. The molecule has 1 saturated heterocycles. The summed E-state index contributed by atoms with van der Waals surface area (Å²) in [5.74, 6) is 0.433. The lowest BCUT2D eigenvalue weighted by molar-refractivity contribution is -0.143. The Hall–Kier alpha value is -2.54. The van der Waals surface area contributed by atoms with Crippen LogP contribution in [-0.4, -0.2) is 51.7 Å². The van der Waals surface area contributed by atoms with E-state index in [0.717, 1.165) is 74.3 Å². The fraction of sp³-hybridized carbons (Fsp3) is 0.593. The third-order valence-corrected chi connectivity index (χ3v) is 7.61. The first kappa shape index (κ1) is 23.2. The highest BCUT2D eigenvalue weighted by molar-refractivity contribution is 5.76. The highest BCUT2D eigenvalue weighted by Gasteiger charge is 2.39. The molecule has 2 unspecified atom stereocenters. The number of aliphatic carboxylic acids is 1. The van der Waals surface area contributed by atoms with E-state index in [1.165, 1.54) is 5.56 Å². The summed E-state index contributed by atoms with van der Waals surface area (Å²) >= 11 is 0. The van der Waals surface area contributed by atoms with E-state index in [1.807, 2.05) is 17.0 Å². The molecule has 34 heavy (non-hydrogen) atoms. The van der Waals surface area contributed by atoms with Crippen LogP contribution in [0.1, 0.15) is 79.4 Å². The van der Waals surface area contributed by atoms with E-state index in [0.29, 0.717) is 31.8 Å². The molecule has 2 aromatic rings. The number of nitrogens with zero attached hydrogens (tertiary/aromatic N) is 3. The van der Waals surface area contributed by atoms with E-state index < -0.39 is 18.2 Å². The number of likely N-dealkylation sites (tertiary alicyclic amines) is 1. The molecule has 6 nitrogen and oxygen atoms in total. The molecule has 182 valence electrons. The van der Waals surface area contributed by atoms with Crippen molar-refractivity contribution in [1.82, 2.24) is 14.9 Å². The van der Waals surface area contributed by atoms with Gasteiger partial charge in [-0.1, -0.05) is 18.6 Å². The normalized spacial score (nSPS) is 22.1. The number of fused-ring (bicyclic) bond motifs is 1. The molecular formula is C27H35FN4O2. The van der Waals surface area contributed by atoms with Crippen LogP contribution in [0.25, 0.3) is 0 Å². The van der Waals surface area contributed by atoms with Crippen molar-refractivity contribution in [2.45, 2.75) is 75.9 Å². The molecule has 7 heteroatoms. The highest BCUT2D eigenvalue weighted by atomic mass is 19.1. The molecule has 0 amide bonds. The zero-order chi connectivity index (χ0) is 23.5. The number of hydrogen-bond donors (Lipinski definition) is 2. The number of hydrogen-bond acceptors (Lipinski definition) is 5. The molecule has 3 aliphatic rings. The molecule has 4 heterocycles. The summed E-state index contributed by atoms with van der Waals surface area (Å²) < 4.78 is 15.1. The molecule has 0 radical (unpaired) electrons. The molecule has 2 fully saturated rings. The molecule has 0 spiro atoms. The van der Waals surface area contributed by atoms with Gasteiger partial charge in [-0.2, -0.15) is 0 Å². The molecule has 1 saturated carbocycles. The number of halogens is 1. The first-order valence-electron chi connectivity index (χ1n) is 12.9. The largest absolute Gasteiger partial charge is 0.480 e. The van der Waals surface area contributed by atoms with Gasteiger partial charge >= 0.3 is 5.97 Å². The van der Waals surface area contributed by atoms with Crippen molar-refractivity contribution in [2.24, 2.45) is 5.92 Å². The van der Waals surface area contributed by atoms with Gasteiger partial charge in [0.1, 0.15) is 18.0 Å². The molecule has 2 N–H and O–H groups in total. The Morgan fingerprint density at radius 1 is 1.24 bits per heavy atom. The maximum atomic E-state index is 15.1. The van der Waals surface area contributed by atoms with E-state index in [2.05, 4.69) is 22.4 Å². The van der Waals surface area contributed by atoms with Crippen LogP contribution in [0.5, 0.6) is 0 Å². The van der Waals surface area contributed by atoms with Crippen LogP contribution in [0.3, 0.4) is 0 Å². The summed E-state index contributed by atoms with van der Waals surface area (Å²) in [6.07, 6.45) is 9.08. The average molecular weight is 467 g/mol. The topological polar surface area (TPSA) is 78.3 Å². The maximum Gasteiger partial charge on any atom is 0.325 e. The summed E-state index contributed by atoms with van der Waals surface area (Å²) in [4.78, 5) is 23.4. The smallest absolute Gasteiger partial charge is 0.325 e. The fourth-order valence-electron chi connectivity index (χ4n) is 5.58. The van der Waals surface area contributed by atoms with Crippen molar-refractivity contribution in [2.75, 3.05) is 25.0 Å². The summed E-state index contributed by atoms with van der Waals surface area (Å²) in [7, 11) is 0. The third-order valence-electron chi connectivity index (χ3n) is 7.61. The number of aryl methyl sites for hydroxylation is 2. The van der Waals surface area contributed by atoms with Crippen molar-refractivity contribution in [3.63, 3.8) is 0 Å². The Bertz CT molecular complexity index is 1010. The second-order valence-electron chi connectivity index (χ2n) is 10.1. The molecule has 3 atom stereocenters. The molecule has 0 aromatic carbocycles. The monoisotopic (exact) mass is 466 g/mol. The number of alkyl halides is 1. The van der Waals surface area contributed by atoms with Gasteiger partial charge in [-0.25, -0.2) is 9.37 Å². The van der Waals surface area contributed by atoms with Crippen molar-refractivity contribution >= 4 is 11.8 Å².